The van der Waals surface area contributed by atoms with Gasteiger partial charge in [-0.15, -0.1) is 11.3 Å². The molecule has 0 spiro atoms. The Morgan fingerprint density at radius 2 is 2.11 bits per heavy atom. The van der Waals surface area contributed by atoms with Crippen molar-refractivity contribution in [2.45, 2.75) is 57.5 Å². The van der Waals surface area contributed by atoms with Crippen molar-refractivity contribution in [3.05, 3.63) is 15.6 Å². The van der Waals surface area contributed by atoms with Gasteiger partial charge in [0.1, 0.15) is 5.01 Å². The summed E-state index contributed by atoms with van der Waals surface area (Å²) in [6, 6.07) is 0.748. The van der Waals surface area contributed by atoms with E-state index in [1.165, 1.54) is 41.3 Å². The minimum atomic E-state index is 0.162. The number of nitrogens with one attached hydrogen (secondary N) is 2. The van der Waals surface area contributed by atoms with Crippen LogP contribution in [0.25, 0.3) is 0 Å². The first-order valence-electron chi connectivity index (χ1n) is 7.19. The SMILES string of the molecule is CCc1nc(C2(NC3CC3)CCNCC2)sc1C. The molecule has 1 aromatic rings. The highest BCUT2D eigenvalue weighted by molar-refractivity contribution is 7.11. The van der Waals surface area contributed by atoms with Crippen LogP contribution < -0.4 is 10.6 Å². The van der Waals surface area contributed by atoms with Crippen LogP contribution >= 0.6 is 11.3 Å². The van der Waals surface area contributed by atoms with Gasteiger partial charge in [0.2, 0.25) is 0 Å². The van der Waals surface area contributed by atoms with E-state index < -0.39 is 0 Å². The van der Waals surface area contributed by atoms with E-state index in [1.807, 2.05) is 11.3 Å². The van der Waals surface area contributed by atoms with Crippen LogP contribution in [-0.2, 0) is 12.0 Å². The van der Waals surface area contributed by atoms with Crippen LogP contribution in [0.15, 0.2) is 0 Å². The molecule has 0 atom stereocenters. The second-order valence-corrected chi connectivity index (χ2v) is 6.83. The topological polar surface area (TPSA) is 37.0 Å². The molecule has 2 fully saturated rings. The summed E-state index contributed by atoms with van der Waals surface area (Å²) >= 11 is 1.91. The predicted molar refractivity (Wildman–Crippen MR) is 76.2 cm³/mol. The van der Waals surface area contributed by atoms with Crippen LogP contribution in [0.4, 0.5) is 0 Å². The van der Waals surface area contributed by atoms with Crippen LogP contribution in [0.1, 0.15) is 48.2 Å². The molecule has 2 N–H and O–H groups in total. The first-order valence-corrected chi connectivity index (χ1v) is 8.00. The molecular formula is C14H23N3S. The van der Waals surface area contributed by atoms with Crippen molar-refractivity contribution in [3.63, 3.8) is 0 Å². The highest BCUT2D eigenvalue weighted by Crippen LogP contribution is 2.38. The number of piperidine rings is 1. The third kappa shape index (κ3) is 2.33. The van der Waals surface area contributed by atoms with E-state index in [0.717, 1.165) is 25.6 Å². The maximum Gasteiger partial charge on any atom is 0.113 e. The molecule has 1 saturated heterocycles. The average Bonchev–Trinajstić information content (AvgIpc) is 3.10. The summed E-state index contributed by atoms with van der Waals surface area (Å²) in [5, 5.41) is 8.71. The van der Waals surface area contributed by atoms with Gasteiger partial charge < -0.3 is 10.6 Å². The third-order valence-electron chi connectivity index (χ3n) is 4.15. The minimum absolute atomic E-state index is 0.162. The van der Waals surface area contributed by atoms with Crippen molar-refractivity contribution in [3.8, 4) is 0 Å². The van der Waals surface area contributed by atoms with Gasteiger partial charge in [-0.3, -0.25) is 0 Å². The van der Waals surface area contributed by atoms with Gasteiger partial charge in [0.15, 0.2) is 0 Å². The molecule has 100 valence electrons. The fourth-order valence-corrected chi connectivity index (χ4v) is 4.06. The Hall–Kier alpha value is -0.450. The molecule has 2 aliphatic rings. The van der Waals surface area contributed by atoms with Crippen molar-refractivity contribution in [2.24, 2.45) is 0 Å². The number of aryl methyl sites for hydroxylation is 2. The van der Waals surface area contributed by atoms with E-state index in [2.05, 4.69) is 24.5 Å². The number of hydrogen-bond acceptors (Lipinski definition) is 4. The molecular weight excluding hydrogens is 242 g/mol. The standard InChI is InChI=1S/C14H23N3S/c1-3-12-10(2)18-13(16-12)14(17-11-4-5-11)6-8-15-9-7-14/h11,15,17H,3-9H2,1-2H3. The number of nitrogens with zero attached hydrogens (tertiary/aromatic N) is 1. The molecule has 1 saturated carbocycles. The maximum atomic E-state index is 4.93. The summed E-state index contributed by atoms with van der Waals surface area (Å²) in [5.74, 6) is 0. The van der Waals surface area contributed by atoms with Gasteiger partial charge in [-0.25, -0.2) is 4.98 Å². The fourth-order valence-electron chi connectivity index (χ4n) is 2.85. The van der Waals surface area contributed by atoms with Gasteiger partial charge in [0, 0.05) is 10.9 Å². The van der Waals surface area contributed by atoms with Gasteiger partial charge in [-0.05, 0) is 52.1 Å². The highest BCUT2D eigenvalue weighted by atomic mass is 32.1. The Bertz CT molecular complexity index is 417. The molecule has 0 radical (unpaired) electrons. The zero-order valence-electron chi connectivity index (χ0n) is 11.4. The maximum absolute atomic E-state index is 4.93. The molecule has 1 aliphatic carbocycles. The van der Waals surface area contributed by atoms with Crippen LogP contribution in [0.3, 0.4) is 0 Å². The number of rotatable bonds is 4. The van der Waals surface area contributed by atoms with Crippen molar-refractivity contribution in [1.29, 1.82) is 0 Å². The van der Waals surface area contributed by atoms with Crippen molar-refractivity contribution < 1.29 is 0 Å². The Kier molecular flexibility index (Phi) is 3.43. The summed E-state index contributed by atoms with van der Waals surface area (Å²) in [6.07, 6.45) is 6.11. The molecule has 2 heterocycles. The van der Waals surface area contributed by atoms with Gasteiger partial charge in [-0.2, -0.15) is 0 Å². The van der Waals surface area contributed by atoms with Crippen LogP contribution in [-0.4, -0.2) is 24.1 Å². The normalized spacial score (nSPS) is 23.2. The Labute approximate surface area is 113 Å². The van der Waals surface area contributed by atoms with Crippen LogP contribution in [0.2, 0.25) is 0 Å². The highest BCUT2D eigenvalue weighted by Gasteiger charge is 2.40. The monoisotopic (exact) mass is 265 g/mol. The van der Waals surface area contributed by atoms with Crippen molar-refractivity contribution in [1.82, 2.24) is 15.6 Å². The lowest BCUT2D eigenvalue weighted by atomic mass is 9.88. The van der Waals surface area contributed by atoms with E-state index in [-0.39, 0.29) is 5.54 Å². The number of aromatic nitrogens is 1. The number of thiazole rings is 1. The summed E-state index contributed by atoms with van der Waals surface area (Å²) in [7, 11) is 0. The van der Waals surface area contributed by atoms with Gasteiger partial charge in [0.25, 0.3) is 0 Å². The lowest BCUT2D eigenvalue weighted by Crippen LogP contribution is -2.50. The van der Waals surface area contributed by atoms with E-state index in [1.54, 1.807) is 0 Å². The molecule has 3 nitrogen and oxygen atoms in total. The van der Waals surface area contributed by atoms with E-state index in [0.29, 0.717) is 0 Å². The molecule has 0 aromatic carbocycles. The third-order valence-corrected chi connectivity index (χ3v) is 5.37. The molecule has 0 amide bonds. The van der Waals surface area contributed by atoms with Crippen molar-refractivity contribution >= 4 is 11.3 Å². The van der Waals surface area contributed by atoms with E-state index in [9.17, 15) is 0 Å². The first-order chi connectivity index (χ1) is 8.73. The Morgan fingerprint density at radius 3 is 2.67 bits per heavy atom. The van der Waals surface area contributed by atoms with Gasteiger partial charge in [-0.1, -0.05) is 6.92 Å². The first kappa shape index (κ1) is 12.6. The molecule has 18 heavy (non-hydrogen) atoms. The summed E-state index contributed by atoms with van der Waals surface area (Å²) in [4.78, 5) is 6.34. The average molecular weight is 265 g/mol. The van der Waals surface area contributed by atoms with Gasteiger partial charge in [0.05, 0.1) is 11.2 Å². The predicted octanol–water partition coefficient (Wildman–Crippen LogP) is 2.34. The summed E-state index contributed by atoms with van der Waals surface area (Å²) < 4.78 is 0. The second-order valence-electron chi connectivity index (χ2n) is 5.63. The van der Waals surface area contributed by atoms with E-state index in [4.69, 9.17) is 4.98 Å². The molecule has 0 unspecified atom stereocenters. The summed E-state index contributed by atoms with van der Waals surface area (Å²) in [5.41, 5.74) is 1.46. The summed E-state index contributed by atoms with van der Waals surface area (Å²) in [6.45, 7) is 6.64. The quantitative estimate of drug-likeness (QED) is 0.877. The Balaban J connectivity index is 1.90. The molecule has 4 heteroatoms. The lowest BCUT2D eigenvalue weighted by Gasteiger charge is -2.37. The molecule has 1 aromatic heterocycles. The Morgan fingerprint density at radius 1 is 1.39 bits per heavy atom. The largest absolute Gasteiger partial charge is 0.317 e. The molecule has 3 rings (SSSR count). The van der Waals surface area contributed by atoms with E-state index >= 15 is 0 Å². The van der Waals surface area contributed by atoms with Crippen LogP contribution in [0, 0.1) is 6.92 Å². The minimum Gasteiger partial charge on any atom is -0.317 e. The zero-order valence-corrected chi connectivity index (χ0v) is 12.2. The smallest absolute Gasteiger partial charge is 0.113 e. The molecule has 0 bridgehead atoms. The molecule has 1 aliphatic heterocycles. The fraction of sp³-hybridized carbons (Fsp3) is 0.786. The van der Waals surface area contributed by atoms with Crippen LogP contribution in [0.5, 0.6) is 0 Å². The van der Waals surface area contributed by atoms with Gasteiger partial charge >= 0.3 is 0 Å². The number of hydrogen-bond donors (Lipinski definition) is 2. The second kappa shape index (κ2) is 4.91. The zero-order chi connectivity index (χ0) is 12.6. The lowest BCUT2D eigenvalue weighted by molar-refractivity contribution is 0.242. The van der Waals surface area contributed by atoms with Crippen molar-refractivity contribution in [2.75, 3.05) is 13.1 Å².